The Bertz CT molecular complexity index is 511. The van der Waals surface area contributed by atoms with Crippen LogP contribution in [0.5, 0.6) is 5.75 Å². The van der Waals surface area contributed by atoms with Gasteiger partial charge in [0.1, 0.15) is 11.8 Å². The number of benzene rings is 1. The number of carboxylic acids is 2. The molecular weight excluding hydrogens is 278 g/mol. The first-order chi connectivity index (χ1) is 9.92. The quantitative estimate of drug-likeness (QED) is 0.649. The van der Waals surface area contributed by atoms with E-state index in [1.165, 1.54) is 0 Å². The number of carbonyl (C=O) groups is 3. The summed E-state index contributed by atoms with van der Waals surface area (Å²) in [7, 11) is 0. The molecule has 0 bridgehead atoms. The van der Waals surface area contributed by atoms with E-state index in [0.29, 0.717) is 5.75 Å². The third-order valence-corrected chi connectivity index (χ3v) is 2.71. The maximum Gasteiger partial charge on any atom is 0.326 e. The summed E-state index contributed by atoms with van der Waals surface area (Å²) < 4.78 is 5.20. The summed E-state index contributed by atoms with van der Waals surface area (Å²) in [6.07, 6.45) is 0.197. The highest BCUT2D eigenvalue weighted by Gasteiger charge is 2.23. The molecule has 1 aromatic carbocycles. The molecule has 7 nitrogen and oxygen atoms in total. The van der Waals surface area contributed by atoms with Crippen LogP contribution in [0, 0.1) is 0 Å². The van der Waals surface area contributed by atoms with Crippen molar-refractivity contribution in [2.45, 2.75) is 25.8 Å². The van der Waals surface area contributed by atoms with E-state index in [1.54, 1.807) is 12.1 Å². The summed E-state index contributed by atoms with van der Waals surface area (Å²) in [5, 5.41) is 19.4. The van der Waals surface area contributed by atoms with Crippen LogP contribution >= 0.6 is 0 Å². The lowest BCUT2D eigenvalue weighted by atomic mass is 10.2. The van der Waals surface area contributed by atoms with Crippen LogP contribution in [0.4, 0.5) is 0 Å². The highest BCUT2D eigenvalue weighted by atomic mass is 16.5. The number of carboxylic acid groups (broad SMARTS) is 2. The van der Waals surface area contributed by atoms with E-state index in [-0.39, 0.29) is 6.61 Å². The van der Waals surface area contributed by atoms with Gasteiger partial charge in [-0.05, 0) is 24.1 Å². The fourth-order valence-electron chi connectivity index (χ4n) is 1.58. The Morgan fingerprint density at radius 3 is 2.29 bits per heavy atom. The molecule has 0 aliphatic heterocycles. The van der Waals surface area contributed by atoms with E-state index in [9.17, 15) is 14.4 Å². The van der Waals surface area contributed by atoms with Crippen molar-refractivity contribution in [2.24, 2.45) is 0 Å². The van der Waals surface area contributed by atoms with E-state index >= 15 is 0 Å². The second-order valence-corrected chi connectivity index (χ2v) is 4.34. The normalized spacial score (nSPS) is 11.5. The first-order valence-electron chi connectivity index (χ1n) is 6.38. The standard InChI is InChI=1S/C14H17NO6/c1-2-9-3-5-10(6-4-9)21-8-12(16)15-11(14(19)20)7-13(17)18/h3-6,11H,2,7-8H2,1H3,(H,15,16)(H,17,18)(H,19,20)/t11-/m0/s1. The summed E-state index contributed by atoms with van der Waals surface area (Å²) in [6.45, 7) is 1.63. The molecule has 0 saturated heterocycles. The molecule has 0 aromatic heterocycles. The summed E-state index contributed by atoms with van der Waals surface area (Å²) in [5.74, 6) is -2.92. The summed E-state index contributed by atoms with van der Waals surface area (Å²) in [5.41, 5.74) is 1.12. The Morgan fingerprint density at radius 2 is 1.81 bits per heavy atom. The van der Waals surface area contributed by atoms with E-state index < -0.39 is 30.3 Å². The maximum absolute atomic E-state index is 11.5. The smallest absolute Gasteiger partial charge is 0.326 e. The van der Waals surface area contributed by atoms with Crippen molar-refractivity contribution >= 4 is 17.8 Å². The van der Waals surface area contributed by atoms with Crippen molar-refractivity contribution in [2.75, 3.05) is 6.61 Å². The Balaban J connectivity index is 2.48. The second kappa shape index (κ2) is 7.88. The third kappa shape index (κ3) is 5.94. The second-order valence-electron chi connectivity index (χ2n) is 4.34. The van der Waals surface area contributed by atoms with Crippen molar-refractivity contribution in [3.63, 3.8) is 0 Å². The molecule has 0 heterocycles. The molecule has 1 rings (SSSR count). The van der Waals surface area contributed by atoms with Gasteiger partial charge in [0.15, 0.2) is 6.61 Å². The Labute approximate surface area is 121 Å². The van der Waals surface area contributed by atoms with Gasteiger partial charge in [-0.25, -0.2) is 4.79 Å². The number of carbonyl (C=O) groups excluding carboxylic acids is 1. The number of hydrogen-bond donors (Lipinski definition) is 3. The number of ether oxygens (including phenoxy) is 1. The molecule has 21 heavy (non-hydrogen) atoms. The fraction of sp³-hybridized carbons (Fsp3) is 0.357. The summed E-state index contributed by atoms with van der Waals surface area (Å²) in [6, 6.07) is 5.66. The largest absolute Gasteiger partial charge is 0.484 e. The van der Waals surface area contributed by atoms with Gasteiger partial charge in [0.05, 0.1) is 6.42 Å². The molecule has 1 amide bonds. The molecule has 0 fully saturated rings. The van der Waals surface area contributed by atoms with Crippen LogP contribution in [0.15, 0.2) is 24.3 Å². The Morgan fingerprint density at radius 1 is 1.19 bits per heavy atom. The molecule has 0 spiro atoms. The molecule has 0 saturated carbocycles. The molecule has 114 valence electrons. The molecular formula is C14H17NO6. The summed E-state index contributed by atoms with van der Waals surface area (Å²) >= 11 is 0. The topological polar surface area (TPSA) is 113 Å². The zero-order valence-corrected chi connectivity index (χ0v) is 11.5. The van der Waals surface area contributed by atoms with E-state index in [0.717, 1.165) is 12.0 Å². The van der Waals surface area contributed by atoms with Gasteiger partial charge in [-0.1, -0.05) is 19.1 Å². The molecule has 7 heteroatoms. The van der Waals surface area contributed by atoms with Crippen LogP contribution in [0.3, 0.4) is 0 Å². The predicted molar refractivity (Wildman–Crippen MR) is 73.1 cm³/mol. The average Bonchev–Trinajstić information content (AvgIpc) is 2.44. The average molecular weight is 295 g/mol. The monoisotopic (exact) mass is 295 g/mol. The first kappa shape index (κ1) is 16.5. The van der Waals surface area contributed by atoms with Crippen molar-refractivity contribution in [3.8, 4) is 5.75 Å². The minimum atomic E-state index is -1.47. The van der Waals surface area contributed by atoms with Gasteiger partial charge in [0, 0.05) is 0 Å². The number of aliphatic carboxylic acids is 2. The summed E-state index contributed by atoms with van der Waals surface area (Å²) in [4.78, 5) is 32.8. The van der Waals surface area contributed by atoms with Crippen LogP contribution in [0.1, 0.15) is 18.9 Å². The van der Waals surface area contributed by atoms with Gasteiger partial charge >= 0.3 is 11.9 Å². The molecule has 1 atom stereocenters. The van der Waals surface area contributed by atoms with Crippen molar-refractivity contribution in [3.05, 3.63) is 29.8 Å². The van der Waals surface area contributed by atoms with Crippen LogP contribution in [-0.2, 0) is 20.8 Å². The van der Waals surface area contributed by atoms with Gasteiger partial charge < -0.3 is 20.3 Å². The highest BCUT2D eigenvalue weighted by Crippen LogP contribution is 2.12. The molecule has 1 aromatic rings. The van der Waals surface area contributed by atoms with Crippen LogP contribution in [-0.4, -0.2) is 40.7 Å². The van der Waals surface area contributed by atoms with Crippen molar-refractivity contribution in [1.82, 2.24) is 5.32 Å². The number of hydrogen-bond acceptors (Lipinski definition) is 4. The maximum atomic E-state index is 11.5. The van der Waals surface area contributed by atoms with Gasteiger partial charge in [-0.3, -0.25) is 9.59 Å². The zero-order chi connectivity index (χ0) is 15.8. The Hall–Kier alpha value is -2.57. The van der Waals surface area contributed by atoms with Crippen molar-refractivity contribution in [1.29, 1.82) is 0 Å². The number of nitrogens with one attached hydrogen (secondary N) is 1. The van der Waals surface area contributed by atoms with Gasteiger partial charge in [-0.15, -0.1) is 0 Å². The number of amides is 1. The van der Waals surface area contributed by atoms with E-state index in [4.69, 9.17) is 14.9 Å². The third-order valence-electron chi connectivity index (χ3n) is 2.71. The van der Waals surface area contributed by atoms with Crippen LogP contribution in [0.25, 0.3) is 0 Å². The lowest BCUT2D eigenvalue weighted by Crippen LogP contribution is -2.44. The van der Waals surface area contributed by atoms with Crippen LogP contribution < -0.4 is 10.1 Å². The van der Waals surface area contributed by atoms with E-state index in [1.807, 2.05) is 19.1 Å². The lowest BCUT2D eigenvalue weighted by molar-refractivity contribution is -0.147. The number of aryl methyl sites for hydroxylation is 1. The lowest BCUT2D eigenvalue weighted by Gasteiger charge is -2.13. The van der Waals surface area contributed by atoms with Crippen molar-refractivity contribution < 1.29 is 29.3 Å². The van der Waals surface area contributed by atoms with Crippen LogP contribution in [0.2, 0.25) is 0 Å². The Kier molecular flexibility index (Phi) is 6.19. The first-order valence-corrected chi connectivity index (χ1v) is 6.38. The van der Waals surface area contributed by atoms with Gasteiger partial charge in [0.2, 0.25) is 0 Å². The SMILES string of the molecule is CCc1ccc(OCC(=O)N[C@@H](CC(=O)O)C(=O)O)cc1. The predicted octanol–water partition coefficient (Wildman–Crippen LogP) is 0.672. The highest BCUT2D eigenvalue weighted by molar-refractivity contribution is 5.87. The van der Waals surface area contributed by atoms with E-state index in [2.05, 4.69) is 5.32 Å². The fourth-order valence-corrected chi connectivity index (χ4v) is 1.58. The molecule has 0 radical (unpaired) electrons. The van der Waals surface area contributed by atoms with Gasteiger partial charge in [0.25, 0.3) is 5.91 Å². The zero-order valence-electron chi connectivity index (χ0n) is 11.5. The molecule has 3 N–H and O–H groups in total. The molecule has 0 aliphatic rings. The minimum absolute atomic E-state index is 0.380. The number of rotatable bonds is 8. The molecule has 0 aliphatic carbocycles. The van der Waals surface area contributed by atoms with Gasteiger partial charge in [-0.2, -0.15) is 0 Å². The minimum Gasteiger partial charge on any atom is -0.484 e. The molecule has 0 unspecified atom stereocenters.